The van der Waals surface area contributed by atoms with Crippen molar-refractivity contribution in [1.29, 1.82) is 0 Å². The minimum Gasteiger partial charge on any atom is -0.497 e. The Balaban J connectivity index is 1.63. The number of halogens is 1. The summed E-state index contributed by atoms with van der Waals surface area (Å²) < 4.78 is 27.1. The molecule has 0 spiro atoms. The van der Waals surface area contributed by atoms with E-state index in [9.17, 15) is 14.0 Å². The van der Waals surface area contributed by atoms with Crippen LogP contribution in [0.2, 0.25) is 0 Å². The van der Waals surface area contributed by atoms with Gasteiger partial charge in [-0.3, -0.25) is 14.5 Å². The van der Waals surface area contributed by atoms with Gasteiger partial charge in [-0.25, -0.2) is 9.07 Å². The van der Waals surface area contributed by atoms with Gasteiger partial charge in [-0.15, -0.1) is 5.10 Å². The number of rotatable bonds is 9. The second kappa shape index (κ2) is 12.1. The molecule has 5 rings (SSSR count). The van der Waals surface area contributed by atoms with E-state index >= 15 is 0 Å². The van der Waals surface area contributed by atoms with Gasteiger partial charge in [-0.05, 0) is 61.4 Å². The molecular formula is C30H32FN5O4. The highest BCUT2D eigenvalue weighted by atomic mass is 19.1. The van der Waals surface area contributed by atoms with Gasteiger partial charge in [0.25, 0.3) is 0 Å². The number of nitrogens with one attached hydrogen (secondary N) is 1. The largest absolute Gasteiger partial charge is 0.497 e. The molecule has 1 aromatic heterocycles. The maximum absolute atomic E-state index is 14.6. The predicted molar refractivity (Wildman–Crippen MR) is 149 cm³/mol. The van der Waals surface area contributed by atoms with Crippen molar-refractivity contribution in [2.45, 2.75) is 50.7 Å². The molecule has 4 aromatic rings. The van der Waals surface area contributed by atoms with Crippen molar-refractivity contribution in [2.75, 3.05) is 19.1 Å². The van der Waals surface area contributed by atoms with Gasteiger partial charge in [-0.2, -0.15) is 0 Å². The van der Waals surface area contributed by atoms with Crippen LogP contribution in [0.25, 0.3) is 11.0 Å². The highest BCUT2D eigenvalue weighted by Gasteiger charge is 2.37. The van der Waals surface area contributed by atoms with Crippen LogP contribution in [0.1, 0.15) is 43.7 Å². The zero-order chi connectivity index (χ0) is 28.1. The number of anilines is 1. The number of carbonyl (C=O) groups excluding carboxylic acids is 2. The van der Waals surface area contributed by atoms with E-state index in [-0.39, 0.29) is 24.2 Å². The second-order valence-corrected chi connectivity index (χ2v) is 9.83. The molecule has 40 heavy (non-hydrogen) atoms. The van der Waals surface area contributed by atoms with E-state index in [2.05, 4.69) is 15.6 Å². The van der Waals surface area contributed by atoms with Gasteiger partial charge in [0.1, 0.15) is 35.4 Å². The Labute approximate surface area is 231 Å². The van der Waals surface area contributed by atoms with Crippen molar-refractivity contribution in [3.63, 3.8) is 0 Å². The van der Waals surface area contributed by atoms with Crippen LogP contribution >= 0.6 is 0 Å². The molecule has 9 nitrogen and oxygen atoms in total. The smallest absolute Gasteiger partial charge is 0.249 e. The average Bonchev–Trinajstić information content (AvgIpc) is 3.38. The first-order chi connectivity index (χ1) is 19.5. The third kappa shape index (κ3) is 5.75. The Kier molecular flexibility index (Phi) is 8.23. The number of hydrogen-bond donors (Lipinski definition) is 1. The molecule has 10 heteroatoms. The van der Waals surface area contributed by atoms with E-state index in [0.29, 0.717) is 28.1 Å². The summed E-state index contributed by atoms with van der Waals surface area (Å²) in [5.74, 6) is -0.523. The summed E-state index contributed by atoms with van der Waals surface area (Å²) in [6, 6.07) is 16.8. The van der Waals surface area contributed by atoms with E-state index in [1.54, 1.807) is 30.3 Å². The third-order valence-corrected chi connectivity index (χ3v) is 7.25. The van der Waals surface area contributed by atoms with Gasteiger partial charge in [0.05, 0.1) is 19.7 Å². The van der Waals surface area contributed by atoms with Crippen LogP contribution in [0.3, 0.4) is 0 Å². The quantitative estimate of drug-likeness (QED) is 0.324. The van der Waals surface area contributed by atoms with Crippen LogP contribution < -0.4 is 19.7 Å². The molecule has 1 aliphatic rings. The number of para-hydroxylation sites is 1. The van der Waals surface area contributed by atoms with E-state index in [0.717, 1.165) is 32.1 Å². The minimum absolute atomic E-state index is 0.0240. The number of amides is 2. The van der Waals surface area contributed by atoms with Crippen molar-refractivity contribution < 1.29 is 23.5 Å². The monoisotopic (exact) mass is 545 g/mol. The lowest BCUT2D eigenvalue weighted by Crippen LogP contribution is -2.48. The van der Waals surface area contributed by atoms with Crippen molar-refractivity contribution in [2.24, 2.45) is 0 Å². The van der Waals surface area contributed by atoms with Crippen LogP contribution in [0, 0.1) is 5.82 Å². The molecular weight excluding hydrogens is 513 g/mol. The van der Waals surface area contributed by atoms with Gasteiger partial charge in [-0.1, -0.05) is 42.7 Å². The van der Waals surface area contributed by atoms with Crippen molar-refractivity contribution >= 4 is 28.5 Å². The number of ether oxygens (including phenoxy) is 2. The lowest BCUT2D eigenvalue weighted by molar-refractivity contribution is -0.127. The molecule has 1 N–H and O–H groups in total. The molecule has 0 bridgehead atoms. The SMILES string of the molecule is COc1ccc(OC)c([C@H](C(=O)NC2CCCCC2)N(C(=O)Cn2nnc3ccccc32)c2cccc(F)c2)c1. The molecule has 1 fully saturated rings. The molecule has 1 atom stereocenters. The summed E-state index contributed by atoms with van der Waals surface area (Å²) in [6.45, 7) is -0.226. The zero-order valence-corrected chi connectivity index (χ0v) is 22.5. The second-order valence-electron chi connectivity index (χ2n) is 9.83. The van der Waals surface area contributed by atoms with Gasteiger partial charge in [0, 0.05) is 17.3 Å². The Morgan fingerprint density at radius 2 is 1.82 bits per heavy atom. The number of nitrogens with zero attached hydrogens (tertiary/aromatic N) is 4. The van der Waals surface area contributed by atoms with Crippen LogP contribution in [0.15, 0.2) is 66.7 Å². The normalized spacial score (nSPS) is 14.5. The number of hydrogen-bond acceptors (Lipinski definition) is 6. The first-order valence-corrected chi connectivity index (χ1v) is 13.4. The third-order valence-electron chi connectivity index (χ3n) is 7.25. The first kappa shape index (κ1) is 27.1. The number of carbonyl (C=O) groups is 2. The lowest BCUT2D eigenvalue weighted by Gasteiger charge is -2.34. The highest BCUT2D eigenvalue weighted by molar-refractivity contribution is 6.02. The number of fused-ring (bicyclic) bond motifs is 1. The van der Waals surface area contributed by atoms with E-state index in [1.807, 2.05) is 18.2 Å². The summed E-state index contributed by atoms with van der Waals surface area (Å²) in [4.78, 5) is 29.7. The van der Waals surface area contributed by atoms with E-state index in [1.165, 1.54) is 42.0 Å². The molecule has 1 heterocycles. The van der Waals surface area contributed by atoms with E-state index < -0.39 is 17.8 Å². The zero-order valence-electron chi connectivity index (χ0n) is 22.5. The van der Waals surface area contributed by atoms with Crippen molar-refractivity contribution in [1.82, 2.24) is 20.3 Å². The highest BCUT2D eigenvalue weighted by Crippen LogP contribution is 2.37. The van der Waals surface area contributed by atoms with Gasteiger partial charge >= 0.3 is 0 Å². The number of aromatic nitrogens is 3. The molecule has 0 aliphatic heterocycles. The molecule has 0 saturated heterocycles. The van der Waals surface area contributed by atoms with Crippen LogP contribution in [0.5, 0.6) is 11.5 Å². The summed E-state index contributed by atoms with van der Waals surface area (Å²) in [5.41, 5.74) is 1.94. The molecule has 0 unspecified atom stereocenters. The fraction of sp³-hybridized carbons (Fsp3) is 0.333. The maximum atomic E-state index is 14.6. The fourth-order valence-electron chi connectivity index (χ4n) is 5.28. The lowest BCUT2D eigenvalue weighted by atomic mass is 9.94. The Bertz CT molecular complexity index is 1500. The maximum Gasteiger partial charge on any atom is 0.249 e. The number of benzene rings is 3. The van der Waals surface area contributed by atoms with Crippen LogP contribution in [-0.2, 0) is 16.1 Å². The van der Waals surface area contributed by atoms with Gasteiger partial charge < -0.3 is 14.8 Å². The van der Waals surface area contributed by atoms with E-state index in [4.69, 9.17) is 9.47 Å². The topological polar surface area (TPSA) is 98.6 Å². The fourth-order valence-corrected chi connectivity index (χ4v) is 5.28. The first-order valence-electron chi connectivity index (χ1n) is 13.4. The summed E-state index contributed by atoms with van der Waals surface area (Å²) >= 11 is 0. The number of methoxy groups -OCH3 is 2. The Morgan fingerprint density at radius 3 is 2.58 bits per heavy atom. The van der Waals surface area contributed by atoms with Gasteiger partial charge in [0.2, 0.25) is 11.8 Å². The molecule has 1 saturated carbocycles. The standard InChI is InChI=1S/C30H32FN5O4/c1-39-23-15-16-27(40-2)24(18-23)29(30(38)32-21-10-4-3-5-11-21)36(22-12-8-9-20(31)17-22)28(37)19-35-26-14-7-6-13-25(26)33-34-35/h6-9,12-18,21,29H,3-5,10-11,19H2,1-2H3,(H,32,38)/t29-/m1/s1. The molecule has 3 aromatic carbocycles. The van der Waals surface area contributed by atoms with Crippen molar-refractivity contribution in [3.05, 3.63) is 78.1 Å². The molecule has 2 amide bonds. The minimum atomic E-state index is -1.18. The van der Waals surface area contributed by atoms with Crippen molar-refractivity contribution in [3.8, 4) is 11.5 Å². The Morgan fingerprint density at radius 1 is 1.02 bits per heavy atom. The summed E-state index contributed by atoms with van der Waals surface area (Å²) in [6.07, 6.45) is 4.87. The molecule has 208 valence electrons. The summed E-state index contributed by atoms with van der Waals surface area (Å²) in [7, 11) is 3.02. The molecule has 1 aliphatic carbocycles. The molecule has 0 radical (unpaired) electrons. The Hall–Kier alpha value is -4.47. The average molecular weight is 546 g/mol. The predicted octanol–water partition coefficient (Wildman–Crippen LogP) is 4.81. The van der Waals surface area contributed by atoms with Crippen LogP contribution in [-0.4, -0.2) is 47.1 Å². The van der Waals surface area contributed by atoms with Crippen LogP contribution in [0.4, 0.5) is 10.1 Å². The summed E-state index contributed by atoms with van der Waals surface area (Å²) in [5, 5.41) is 11.5. The van der Waals surface area contributed by atoms with Gasteiger partial charge in [0.15, 0.2) is 0 Å².